The highest BCUT2D eigenvalue weighted by Gasteiger charge is 2.25. The highest BCUT2D eigenvalue weighted by molar-refractivity contribution is 6.03. The van der Waals surface area contributed by atoms with Crippen LogP contribution in [0.25, 0.3) is 21.9 Å². The molecule has 0 spiro atoms. The molecule has 1 aromatic carbocycles. The Morgan fingerprint density at radius 2 is 2.28 bits per heavy atom. The van der Waals surface area contributed by atoms with Crippen molar-refractivity contribution in [2.24, 2.45) is 0 Å². The van der Waals surface area contributed by atoms with Crippen molar-refractivity contribution in [1.29, 1.82) is 0 Å². The SMILES string of the molecule is CCCn1nc(NC(=O)[C@H]2CCCO2)c2cc3ccc(C)cc3nc21. The zero-order chi connectivity index (χ0) is 17.4. The predicted octanol–water partition coefficient (Wildman–Crippen LogP) is 3.42. The molecule has 0 radical (unpaired) electrons. The Morgan fingerprint density at radius 3 is 3.04 bits per heavy atom. The highest BCUT2D eigenvalue weighted by atomic mass is 16.5. The Balaban J connectivity index is 1.79. The maximum Gasteiger partial charge on any atom is 0.254 e. The van der Waals surface area contributed by atoms with Crippen LogP contribution < -0.4 is 5.32 Å². The molecule has 1 atom stereocenters. The molecule has 1 N–H and O–H groups in total. The molecule has 4 rings (SSSR count). The van der Waals surface area contributed by atoms with Gasteiger partial charge in [-0.25, -0.2) is 9.67 Å². The van der Waals surface area contributed by atoms with Gasteiger partial charge in [0, 0.05) is 18.5 Å². The molecule has 2 aromatic heterocycles. The third kappa shape index (κ3) is 2.98. The van der Waals surface area contributed by atoms with Crippen LogP contribution in [-0.2, 0) is 16.1 Å². The average molecular weight is 338 g/mol. The average Bonchev–Trinajstić information content (AvgIpc) is 3.23. The molecule has 1 fully saturated rings. The summed E-state index contributed by atoms with van der Waals surface area (Å²) >= 11 is 0. The normalized spacial score (nSPS) is 17.4. The first-order valence-corrected chi connectivity index (χ1v) is 8.86. The second-order valence-corrected chi connectivity index (χ2v) is 6.62. The number of nitrogens with one attached hydrogen (secondary N) is 1. The number of carbonyl (C=O) groups is 1. The summed E-state index contributed by atoms with van der Waals surface area (Å²) in [6.45, 7) is 5.57. The molecule has 0 bridgehead atoms. The molecule has 1 saturated heterocycles. The van der Waals surface area contributed by atoms with Gasteiger partial charge in [0.05, 0.1) is 10.9 Å². The molecular formula is C19H22N4O2. The van der Waals surface area contributed by atoms with Crippen LogP contribution in [0.1, 0.15) is 31.7 Å². The van der Waals surface area contributed by atoms with E-state index in [1.54, 1.807) is 0 Å². The van der Waals surface area contributed by atoms with Gasteiger partial charge in [-0.3, -0.25) is 4.79 Å². The topological polar surface area (TPSA) is 69.0 Å². The molecule has 3 aromatic rings. The smallest absolute Gasteiger partial charge is 0.254 e. The van der Waals surface area contributed by atoms with E-state index in [4.69, 9.17) is 9.72 Å². The minimum Gasteiger partial charge on any atom is -0.368 e. The van der Waals surface area contributed by atoms with E-state index in [0.29, 0.717) is 12.4 Å². The Hall–Kier alpha value is -2.47. The summed E-state index contributed by atoms with van der Waals surface area (Å²) in [5, 5.41) is 9.46. The number of carbonyl (C=O) groups excluding carboxylic acids is 1. The van der Waals surface area contributed by atoms with E-state index >= 15 is 0 Å². The predicted molar refractivity (Wildman–Crippen MR) is 97.7 cm³/mol. The number of nitrogens with zero attached hydrogens (tertiary/aromatic N) is 3. The highest BCUT2D eigenvalue weighted by Crippen LogP contribution is 2.27. The lowest BCUT2D eigenvalue weighted by atomic mass is 10.1. The van der Waals surface area contributed by atoms with Crippen molar-refractivity contribution >= 4 is 33.7 Å². The molecule has 6 heteroatoms. The van der Waals surface area contributed by atoms with Gasteiger partial charge in [0.2, 0.25) is 0 Å². The summed E-state index contributed by atoms with van der Waals surface area (Å²) in [5.41, 5.74) is 2.93. The second kappa shape index (κ2) is 6.44. The maximum absolute atomic E-state index is 12.4. The number of pyridine rings is 1. The maximum atomic E-state index is 12.4. The summed E-state index contributed by atoms with van der Waals surface area (Å²) in [7, 11) is 0. The molecule has 1 amide bonds. The number of aryl methyl sites for hydroxylation is 2. The van der Waals surface area contributed by atoms with Crippen LogP contribution >= 0.6 is 0 Å². The van der Waals surface area contributed by atoms with Crippen LogP contribution in [0.2, 0.25) is 0 Å². The summed E-state index contributed by atoms with van der Waals surface area (Å²) in [4.78, 5) is 17.2. The lowest BCUT2D eigenvalue weighted by Gasteiger charge is -2.08. The van der Waals surface area contributed by atoms with E-state index < -0.39 is 0 Å². The number of hydrogen-bond acceptors (Lipinski definition) is 4. The monoisotopic (exact) mass is 338 g/mol. The van der Waals surface area contributed by atoms with Crippen molar-refractivity contribution in [3.63, 3.8) is 0 Å². The zero-order valence-corrected chi connectivity index (χ0v) is 14.6. The van der Waals surface area contributed by atoms with E-state index in [1.807, 2.05) is 4.68 Å². The molecule has 3 heterocycles. The largest absolute Gasteiger partial charge is 0.368 e. The van der Waals surface area contributed by atoms with Crippen molar-refractivity contribution in [3.05, 3.63) is 29.8 Å². The minimum atomic E-state index is -0.373. The van der Waals surface area contributed by atoms with Gasteiger partial charge < -0.3 is 10.1 Å². The van der Waals surface area contributed by atoms with Crippen molar-refractivity contribution < 1.29 is 9.53 Å². The zero-order valence-electron chi connectivity index (χ0n) is 14.6. The van der Waals surface area contributed by atoms with Crippen LogP contribution in [0.4, 0.5) is 5.82 Å². The van der Waals surface area contributed by atoms with Crippen LogP contribution in [0.5, 0.6) is 0 Å². The van der Waals surface area contributed by atoms with E-state index in [1.165, 1.54) is 5.56 Å². The van der Waals surface area contributed by atoms with E-state index in [9.17, 15) is 4.79 Å². The summed E-state index contributed by atoms with van der Waals surface area (Å²) < 4.78 is 7.35. The molecule has 6 nitrogen and oxygen atoms in total. The minimum absolute atomic E-state index is 0.121. The van der Waals surface area contributed by atoms with Gasteiger partial charge in [0.25, 0.3) is 5.91 Å². The number of amides is 1. The number of fused-ring (bicyclic) bond motifs is 2. The van der Waals surface area contributed by atoms with E-state index in [0.717, 1.165) is 47.7 Å². The summed E-state index contributed by atoms with van der Waals surface area (Å²) in [5.74, 6) is 0.448. The Kier molecular flexibility index (Phi) is 4.13. The van der Waals surface area contributed by atoms with Crippen LogP contribution in [0, 0.1) is 6.92 Å². The molecule has 1 aliphatic rings. The molecule has 0 aliphatic carbocycles. The molecule has 0 unspecified atom stereocenters. The van der Waals surface area contributed by atoms with Gasteiger partial charge in [-0.2, -0.15) is 5.10 Å². The van der Waals surface area contributed by atoms with E-state index in [-0.39, 0.29) is 12.0 Å². The van der Waals surface area contributed by atoms with Crippen LogP contribution in [-0.4, -0.2) is 33.4 Å². The standard InChI is InChI=1S/C19H22N4O2/c1-3-8-23-18-14(11-13-7-6-12(2)10-15(13)20-18)17(22-23)21-19(24)16-5-4-9-25-16/h6-7,10-11,16H,3-5,8-9H2,1-2H3,(H,21,22,24)/t16-/m1/s1. The number of hydrogen-bond donors (Lipinski definition) is 1. The quantitative estimate of drug-likeness (QED) is 0.791. The third-order valence-corrected chi connectivity index (χ3v) is 4.57. The first kappa shape index (κ1) is 16.0. The summed E-state index contributed by atoms with van der Waals surface area (Å²) in [6, 6.07) is 8.25. The first-order chi connectivity index (χ1) is 12.2. The fourth-order valence-electron chi connectivity index (χ4n) is 3.30. The van der Waals surface area contributed by atoms with Gasteiger partial charge >= 0.3 is 0 Å². The van der Waals surface area contributed by atoms with Gasteiger partial charge in [0.15, 0.2) is 11.5 Å². The number of anilines is 1. The van der Waals surface area contributed by atoms with Crippen molar-refractivity contribution in [3.8, 4) is 0 Å². The lowest BCUT2D eigenvalue weighted by molar-refractivity contribution is -0.124. The molecule has 130 valence electrons. The van der Waals surface area contributed by atoms with Gasteiger partial charge in [0.1, 0.15) is 6.10 Å². The number of aromatic nitrogens is 3. The van der Waals surface area contributed by atoms with Crippen molar-refractivity contribution in [2.45, 2.75) is 45.8 Å². The van der Waals surface area contributed by atoms with Crippen LogP contribution in [0.3, 0.4) is 0 Å². The fourth-order valence-corrected chi connectivity index (χ4v) is 3.30. The molecular weight excluding hydrogens is 316 g/mol. The molecule has 0 saturated carbocycles. The van der Waals surface area contributed by atoms with Gasteiger partial charge in [-0.15, -0.1) is 0 Å². The fraction of sp³-hybridized carbons (Fsp3) is 0.421. The van der Waals surface area contributed by atoms with Crippen molar-refractivity contribution in [2.75, 3.05) is 11.9 Å². The summed E-state index contributed by atoms with van der Waals surface area (Å²) in [6.07, 6.45) is 2.26. The Labute approximate surface area is 146 Å². The number of rotatable bonds is 4. The first-order valence-electron chi connectivity index (χ1n) is 8.86. The third-order valence-electron chi connectivity index (χ3n) is 4.57. The lowest BCUT2D eigenvalue weighted by Crippen LogP contribution is -2.27. The molecule has 25 heavy (non-hydrogen) atoms. The Morgan fingerprint density at radius 1 is 1.40 bits per heavy atom. The Bertz CT molecular complexity index is 941. The second-order valence-electron chi connectivity index (χ2n) is 6.62. The van der Waals surface area contributed by atoms with Crippen molar-refractivity contribution in [1.82, 2.24) is 14.8 Å². The molecule has 1 aliphatic heterocycles. The van der Waals surface area contributed by atoms with E-state index in [2.05, 4.69) is 48.5 Å². The van der Waals surface area contributed by atoms with Gasteiger partial charge in [-0.1, -0.05) is 19.1 Å². The number of benzene rings is 1. The van der Waals surface area contributed by atoms with Crippen LogP contribution in [0.15, 0.2) is 24.3 Å². The number of ether oxygens (including phenoxy) is 1. The van der Waals surface area contributed by atoms with Gasteiger partial charge in [-0.05, 0) is 43.9 Å².